The number of carbonyl (C=O) groups excluding carboxylic acids is 1. The third kappa shape index (κ3) is 4.67. The van der Waals surface area contributed by atoms with E-state index in [1.165, 1.54) is 0 Å². The second-order valence-electron chi connectivity index (χ2n) is 6.61. The molecule has 0 aliphatic rings. The molecule has 3 heteroatoms. The predicted molar refractivity (Wildman–Crippen MR) is 110 cm³/mol. The monoisotopic (exact) mass is 364 g/mol. The van der Waals surface area contributed by atoms with E-state index < -0.39 is 5.41 Å². The van der Waals surface area contributed by atoms with Crippen LogP contribution >= 0.6 is 0 Å². The van der Waals surface area contributed by atoms with Crippen LogP contribution in [-0.2, 0) is 23.1 Å². The summed E-state index contributed by atoms with van der Waals surface area (Å²) in [6, 6.07) is 32.9. The Morgan fingerprint density at radius 3 is 1.82 bits per heavy atom. The zero-order valence-corrected chi connectivity index (χ0v) is 15.4. The van der Waals surface area contributed by atoms with E-state index in [0.29, 0.717) is 24.8 Å². The molecule has 28 heavy (non-hydrogen) atoms. The minimum Gasteiger partial charge on any atom is -0.288 e. The van der Waals surface area contributed by atoms with Crippen molar-refractivity contribution in [2.24, 2.45) is 0 Å². The molecule has 0 radical (unpaired) electrons. The molecule has 3 rings (SSSR count). The van der Waals surface area contributed by atoms with Crippen LogP contribution in [0, 0.1) is 23.3 Å². The van der Waals surface area contributed by atoms with Crippen LogP contribution in [0.15, 0.2) is 84.9 Å². The van der Waals surface area contributed by atoms with Crippen LogP contribution in [0.1, 0.15) is 22.3 Å². The summed E-state index contributed by atoms with van der Waals surface area (Å²) in [5.41, 5.74) is 3.38. The Bertz CT molecular complexity index is 966. The van der Waals surface area contributed by atoms with E-state index in [1.54, 1.807) is 0 Å². The summed E-state index contributed by atoms with van der Waals surface area (Å²) in [4.78, 5) is 10.8. The maximum Gasteiger partial charge on any atom is 0.218 e. The van der Waals surface area contributed by atoms with E-state index >= 15 is 0 Å². The first-order valence-corrected chi connectivity index (χ1v) is 9.05. The molecule has 3 aromatic carbocycles. The highest BCUT2D eigenvalue weighted by Crippen LogP contribution is 2.32. The van der Waals surface area contributed by atoms with Gasteiger partial charge < -0.3 is 0 Å². The summed E-state index contributed by atoms with van der Waals surface area (Å²) in [7, 11) is 0. The molecule has 0 heterocycles. The molecule has 0 fully saturated rings. The highest BCUT2D eigenvalue weighted by Gasteiger charge is 2.31. The van der Waals surface area contributed by atoms with Crippen LogP contribution in [0.2, 0.25) is 0 Å². The van der Waals surface area contributed by atoms with Crippen LogP contribution < -0.4 is 5.32 Å². The van der Waals surface area contributed by atoms with Crippen molar-refractivity contribution in [3.8, 4) is 18.0 Å². The van der Waals surface area contributed by atoms with Gasteiger partial charge in [-0.2, -0.15) is 5.26 Å². The second kappa shape index (κ2) is 9.21. The van der Waals surface area contributed by atoms with Crippen molar-refractivity contribution < 1.29 is 4.79 Å². The van der Waals surface area contributed by atoms with Gasteiger partial charge >= 0.3 is 0 Å². The zero-order chi connectivity index (χ0) is 19.7. The number of rotatable bonds is 6. The summed E-state index contributed by atoms with van der Waals surface area (Å²) in [6.07, 6.45) is 1.95. The van der Waals surface area contributed by atoms with Gasteiger partial charge in [-0.3, -0.25) is 10.1 Å². The minimum atomic E-state index is -0.549. The highest BCUT2D eigenvalue weighted by atomic mass is 16.1. The van der Waals surface area contributed by atoms with Gasteiger partial charge in [-0.1, -0.05) is 78.7 Å². The number of amides is 1. The first-order valence-electron chi connectivity index (χ1n) is 9.05. The van der Waals surface area contributed by atoms with Crippen molar-refractivity contribution in [2.45, 2.75) is 18.3 Å². The van der Waals surface area contributed by atoms with Crippen LogP contribution in [-0.4, -0.2) is 6.41 Å². The molecule has 0 saturated heterocycles. The summed E-state index contributed by atoms with van der Waals surface area (Å²) >= 11 is 0. The third-order valence-electron chi connectivity index (χ3n) is 4.70. The van der Waals surface area contributed by atoms with Crippen LogP contribution in [0.3, 0.4) is 0 Å². The van der Waals surface area contributed by atoms with Gasteiger partial charge in [0.25, 0.3) is 0 Å². The molecule has 3 nitrogen and oxygen atoms in total. The number of nitrogens with zero attached hydrogens (tertiary/aromatic N) is 1. The van der Waals surface area contributed by atoms with Crippen molar-refractivity contribution in [1.82, 2.24) is 5.32 Å². The molecule has 0 aromatic heterocycles. The van der Waals surface area contributed by atoms with Crippen LogP contribution in [0.5, 0.6) is 0 Å². The van der Waals surface area contributed by atoms with Gasteiger partial charge in [-0.15, -0.1) is 0 Å². The topological polar surface area (TPSA) is 52.9 Å². The highest BCUT2D eigenvalue weighted by molar-refractivity contribution is 5.51. The Morgan fingerprint density at radius 1 is 0.821 bits per heavy atom. The predicted octanol–water partition coefficient (Wildman–Crippen LogP) is 3.99. The Kier molecular flexibility index (Phi) is 6.24. The lowest BCUT2D eigenvalue weighted by Crippen LogP contribution is -2.31. The Balaban J connectivity index is 2.12. The fourth-order valence-corrected chi connectivity index (χ4v) is 3.36. The normalized spacial score (nSPS) is 10.2. The summed E-state index contributed by atoms with van der Waals surface area (Å²) < 4.78 is 0. The molecule has 0 atom stereocenters. The molecule has 0 aliphatic carbocycles. The molecule has 0 spiro atoms. The standard InChI is InChI=1S/C25H20N2O/c26-19-23-11-13-24(14-12-23)25(15-16-27-20-28,17-21-7-3-1-4-8-21)18-22-9-5-2-6-10-22/h1-14,20H,17-18H2,(H,27,28). The first kappa shape index (κ1) is 19.0. The molecule has 0 bridgehead atoms. The van der Waals surface area contributed by atoms with Gasteiger partial charge in [-0.05, 0) is 41.7 Å². The SMILES string of the molecule is N#Cc1ccc(C(C#CNC=O)(Cc2ccccc2)Cc2ccccc2)cc1. The molecule has 1 N–H and O–H groups in total. The zero-order valence-electron chi connectivity index (χ0n) is 15.4. The van der Waals surface area contributed by atoms with E-state index in [1.807, 2.05) is 60.7 Å². The molecular formula is C25H20N2O. The van der Waals surface area contributed by atoms with E-state index in [-0.39, 0.29) is 0 Å². The van der Waals surface area contributed by atoms with E-state index in [4.69, 9.17) is 5.26 Å². The number of carbonyl (C=O) groups is 1. The number of hydrogen-bond donors (Lipinski definition) is 1. The average molecular weight is 364 g/mol. The van der Waals surface area contributed by atoms with Gasteiger partial charge in [0.1, 0.15) is 0 Å². The number of hydrogen-bond acceptors (Lipinski definition) is 2. The van der Waals surface area contributed by atoms with Gasteiger partial charge in [-0.25, -0.2) is 0 Å². The van der Waals surface area contributed by atoms with Crippen molar-refractivity contribution >= 4 is 6.41 Å². The van der Waals surface area contributed by atoms with Gasteiger partial charge in [0.15, 0.2) is 0 Å². The quantitative estimate of drug-likeness (QED) is 0.408. The van der Waals surface area contributed by atoms with Gasteiger partial charge in [0, 0.05) is 6.04 Å². The van der Waals surface area contributed by atoms with E-state index in [2.05, 4.69) is 47.6 Å². The van der Waals surface area contributed by atoms with Crippen LogP contribution in [0.4, 0.5) is 0 Å². The number of benzene rings is 3. The molecule has 0 saturated carbocycles. The lowest BCUT2D eigenvalue weighted by Gasteiger charge is -2.30. The largest absolute Gasteiger partial charge is 0.288 e. The fourth-order valence-electron chi connectivity index (χ4n) is 3.36. The summed E-state index contributed by atoms with van der Waals surface area (Å²) in [6.45, 7) is 0. The molecule has 0 aliphatic heterocycles. The Morgan fingerprint density at radius 2 is 1.36 bits per heavy atom. The average Bonchev–Trinajstić information content (AvgIpc) is 2.75. The lowest BCUT2D eigenvalue weighted by atomic mass is 9.72. The smallest absolute Gasteiger partial charge is 0.218 e. The summed E-state index contributed by atoms with van der Waals surface area (Å²) in [5, 5.41) is 11.6. The Hall–Kier alpha value is -3.82. The van der Waals surface area contributed by atoms with E-state index in [9.17, 15) is 4.79 Å². The Labute approximate surface area is 165 Å². The molecule has 136 valence electrons. The van der Waals surface area contributed by atoms with Crippen LogP contribution in [0.25, 0.3) is 0 Å². The minimum absolute atomic E-state index is 0.549. The van der Waals surface area contributed by atoms with Crippen molar-refractivity contribution in [3.63, 3.8) is 0 Å². The number of nitriles is 1. The molecule has 1 amide bonds. The summed E-state index contributed by atoms with van der Waals surface area (Å²) in [5.74, 6) is 3.31. The van der Waals surface area contributed by atoms with E-state index in [0.717, 1.165) is 16.7 Å². The van der Waals surface area contributed by atoms with Gasteiger partial charge in [0.05, 0.1) is 17.0 Å². The van der Waals surface area contributed by atoms with Crippen molar-refractivity contribution in [3.05, 3.63) is 107 Å². The first-order chi connectivity index (χ1) is 13.8. The second-order valence-corrected chi connectivity index (χ2v) is 6.61. The van der Waals surface area contributed by atoms with Crippen molar-refractivity contribution in [2.75, 3.05) is 0 Å². The van der Waals surface area contributed by atoms with Gasteiger partial charge in [0.2, 0.25) is 6.41 Å². The third-order valence-corrected chi connectivity index (χ3v) is 4.70. The lowest BCUT2D eigenvalue weighted by molar-refractivity contribution is -0.108. The fraction of sp³-hybridized carbons (Fsp3) is 0.120. The number of nitrogens with one attached hydrogen (secondary N) is 1. The maximum atomic E-state index is 10.8. The molecular weight excluding hydrogens is 344 g/mol. The molecule has 3 aromatic rings. The van der Waals surface area contributed by atoms with Crippen molar-refractivity contribution in [1.29, 1.82) is 5.26 Å². The molecule has 0 unspecified atom stereocenters. The maximum absolute atomic E-state index is 10.8.